The van der Waals surface area contributed by atoms with Crippen LogP contribution in [0, 0.1) is 0 Å². The summed E-state index contributed by atoms with van der Waals surface area (Å²) in [6, 6.07) is 6.29. The molecule has 0 radical (unpaired) electrons. The highest BCUT2D eigenvalue weighted by Gasteiger charge is 2.09. The van der Waals surface area contributed by atoms with Crippen molar-refractivity contribution in [2.24, 2.45) is 0 Å². The lowest BCUT2D eigenvalue weighted by atomic mass is 10.3. The second kappa shape index (κ2) is 4.42. The summed E-state index contributed by atoms with van der Waals surface area (Å²) in [5.41, 5.74) is 7.85. The summed E-state index contributed by atoms with van der Waals surface area (Å²) in [6.45, 7) is 2.94. The number of imidazole rings is 1. The number of pyridine rings is 1. The van der Waals surface area contributed by atoms with Crippen molar-refractivity contribution >= 4 is 28.3 Å². The Balaban J connectivity index is 2.01. The molecule has 92 valence electrons. The van der Waals surface area contributed by atoms with Crippen molar-refractivity contribution in [1.82, 2.24) is 14.5 Å². The van der Waals surface area contributed by atoms with Crippen LogP contribution in [0.25, 0.3) is 11.0 Å². The number of aromatic nitrogens is 3. The Labute approximate surface area is 109 Å². The van der Waals surface area contributed by atoms with Gasteiger partial charge in [-0.1, -0.05) is 6.92 Å². The minimum atomic E-state index is 0.546. The van der Waals surface area contributed by atoms with Gasteiger partial charge in [0.2, 0.25) is 5.95 Å². The van der Waals surface area contributed by atoms with Crippen molar-refractivity contribution in [3.8, 4) is 0 Å². The summed E-state index contributed by atoms with van der Waals surface area (Å²) in [6.07, 6.45) is 4.59. The second-order valence-electron chi connectivity index (χ2n) is 4.14. The smallest absolute Gasteiger partial charge is 0.201 e. The average molecular weight is 258 g/mol. The lowest BCUT2D eigenvalue weighted by molar-refractivity contribution is 0.852. The van der Waals surface area contributed by atoms with E-state index in [-0.39, 0.29) is 0 Å². The minimum absolute atomic E-state index is 0.546. The van der Waals surface area contributed by atoms with Crippen molar-refractivity contribution in [2.75, 3.05) is 5.73 Å². The Kier molecular flexibility index (Phi) is 2.76. The van der Waals surface area contributed by atoms with E-state index < -0.39 is 0 Å². The van der Waals surface area contributed by atoms with Gasteiger partial charge in [-0.15, -0.1) is 11.3 Å². The molecule has 0 saturated heterocycles. The quantitative estimate of drug-likeness (QED) is 0.785. The summed E-state index contributed by atoms with van der Waals surface area (Å²) < 4.78 is 2.03. The highest BCUT2D eigenvalue weighted by Crippen LogP contribution is 2.22. The molecule has 5 heteroatoms. The highest BCUT2D eigenvalue weighted by molar-refractivity contribution is 7.11. The largest absolute Gasteiger partial charge is 0.369 e. The number of nitrogen functional groups attached to an aromatic ring is 1. The fourth-order valence-electron chi connectivity index (χ4n) is 2.02. The summed E-state index contributed by atoms with van der Waals surface area (Å²) in [5, 5.41) is 0. The molecule has 4 nitrogen and oxygen atoms in total. The molecular formula is C13H14N4S. The number of nitrogens with zero attached hydrogens (tertiary/aromatic N) is 3. The summed E-state index contributed by atoms with van der Waals surface area (Å²) in [5.74, 6) is 0.546. The maximum atomic E-state index is 5.97. The lowest BCUT2D eigenvalue weighted by Gasteiger charge is -2.03. The van der Waals surface area contributed by atoms with Crippen molar-refractivity contribution in [2.45, 2.75) is 19.9 Å². The zero-order valence-corrected chi connectivity index (χ0v) is 10.9. The van der Waals surface area contributed by atoms with Gasteiger partial charge in [0.1, 0.15) is 5.52 Å². The van der Waals surface area contributed by atoms with E-state index in [0.29, 0.717) is 5.95 Å². The number of rotatable bonds is 3. The molecule has 0 bridgehead atoms. The van der Waals surface area contributed by atoms with Gasteiger partial charge < -0.3 is 10.3 Å². The topological polar surface area (TPSA) is 56.7 Å². The minimum Gasteiger partial charge on any atom is -0.369 e. The first-order valence-electron chi connectivity index (χ1n) is 5.91. The third-order valence-corrected chi connectivity index (χ3v) is 4.17. The Morgan fingerprint density at radius 3 is 2.89 bits per heavy atom. The molecule has 0 unspecified atom stereocenters. The Morgan fingerprint density at radius 1 is 1.28 bits per heavy atom. The van der Waals surface area contributed by atoms with Crippen LogP contribution in [-0.2, 0) is 13.0 Å². The van der Waals surface area contributed by atoms with Crippen LogP contribution in [0.3, 0.4) is 0 Å². The van der Waals surface area contributed by atoms with Crippen LogP contribution in [0.1, 0.15) is 16.7 Å². The SMILES string of the molecule is CCc1ccc(Cn2c(N)nc3cnccc32)s1. The van der Waals surface area contributed by atoms with Crippen molar-refractivity contribution < 1.29 is 0 Å². The zero-order chi connectivity index (χ0) is 12.5. The van der Waals surface area contributed by atoms with E-state index in [0.717, 1.165) is 24.0 Å². The molecular weight excluding hydrogens is 244 g/mol. The van der Waals surface area contributed by atoms with Gasteiger partial charge in [-0.2, -0.15) is 0 Å². The van der Waals surface area contributed by atoms with Gasteiger partial charge in [-0.3, -0.25) is 4.98 Å². The normalized spacial score (nSPS) is 11.2. The van der Waals surface area contributed by atoms with Gasteiger partial charge in [0.05, 0.1) is 18.3 Å². The fraction of sp³-hybridized carbons (Fsp3) is 0.231. The monoisotopic (exact) mass is 258 g/mol. The van der Waals surface area contributed by atoms with Gasteiger partial charge in [0.25, 0.3) is 0 Å². The zero-order valence-electron chi connectivity index (χ0n) is 10.1. The molecule has 3 aromatic heterocycles. The van der Waals surface area contributed by atoms with Crippen LogP contribution < -0.4 is 5.73 Å². The van der Waals surface area contributed by atoms with Gasteiger partial charge >= 0.3 is 0 Å². The molecule has 3 rings (SSSR count). The van der Waals surface area contributed by atoms with E-state index in [9.17, 15) is 0 Å². The van der Waals surface area contributed by atoms with E-state index in [2.05, 4.69) is 29.0 Å². The number of thiophene rings is 1. The molecule has 0 saturated carbocycles. The van der Waals surface area contributed by atoms with Crippen LogP contribution in [-0.4, -0.2) is 14.5 Å². The first kappa shape index (κ1) is 11.2. The summed E-state index contributed by atoms with van der Waals surface area (Å²) in [7, 11) is 0. The molecule has 2 N–H and O–H groups in total. The number of hydrogen-bond acceptors (Lipinski definition) is 4. The fourth-order valence-corrected chi connectivity index (χ4v) is 2.97. The Bertz CT molecular complexity index is 683. The van der Waals surface area contributed by atoms with E-state index in [1.54, 1.807) is 12.4 Å². The first-order valence-corrected chi connectivity index (χ1v) is 6.73. The molecule has 0 atom stereocenters. The van der Waals surface area contributed by atoms with Crippen LogP contribution in [0.15, 0.2) is 30.6 Å². The molecule has 0 aliphatic rings. The molecule has 0 fully saturated rings. The third-order valence-electron chi connectivity index (χ3n) is 2.96. The summed E-state index contributed by atoms with van der Waals surface area (Å²) in [4.78, 5) is 11.1. The number of fused-ring (bicyclic) bond motifs is 1. The number of aryl methyl sites for hydroxylation is 1. The maximum absolute atomic E-state index is 5.97. The van der Waals surface area contributed by atoms with Crippen molar-refractivity contribution in [1.29, 1.82) is 0 Å². The van der Waals surface area contributed by atoms with E-state index in [4.69, 9.17) is 5.73 Å². The highest BCUT2D eigenvalue weighted by atomic mass is 32.1. The van der Waals surface area contributed by atoms with E-state index in [1.807, 2.05) is 22.0 Å². The molecule has 0 amide bonds. The van der Waals surface area contributed by atoms with Gasteiger partial charge in [-0.05, 0) is 24.6 Å². The van der Waals surface area contributed by atoms with E-state index >= 15 is 0 Å². The molecule has 0 aliphatic heterocycles. The Hall–Kier alpha value is -1.88. The number of nitrogens with two attached hydrogens (primary N) is 1. The third kappa shape index (κ3) is 1.86. The molecule has 3 aromatic rings. The predicted molar refractivity (Wildman–Crippen MR) is 74.7 cm³/mol. The number of hydrogen-bond donors (Lipinski definition) is 1. The van der Waals surface area contributed by atoms with Crippen molar-refractivity contribution in [3.63, 3.8) is 0 Å². The van der Waals surface area contributed by atoms with Gasteiger partial charge in [0, 0.05) is 16.0 Å². The van der Waals surface area contributed by atoms with Crippen molar-refractivity contribution in [3.05, 3.63) is 40.3 Å². The van der Waals surface area contributed by atoms with Crippen LogP contribution in [0.4, 0.5) is 5.95 Å². The van der Waals surface area contributed by atoms with Gasteiger partial charge in [0.15, 0.2) is 0 Å². The van der Waals surface area contributed by atoms with Gasteiger partial charge in [-0.25, -0.2) is 4.98 Å². The maximum Gasteiger partial charge on any atom is 0.201 e. The molecule has 3 heterocycles. The Morgan fingerprint density at radius 2 is 2.11 bits per heavy atom. The first-order chi connectivity index (χ1) is 8.78. The second-order valence-corrected chi connectivity index (χ2v) is 5.39. The average Bonchev–Trinajstić information content (AvgIpc) is 2.96. The van der Waals surface area contributed by atoms with Crippen LogP contribution >= 0.6 is 11.3 Å². The lowest BCUT2D eigenvalue weighted by Crippen LogP contribution is -2.03. The summed E-state index contributed by atoms with van der Waals surface area (Å²) >= 11 is 1.83. The molecule has 0 spiro atoms. The predicted octanol–water partition coefficient (Wildman–Crippen LogP) is 2.69. The van der Waals surface area contributed by atoms with Crippen LogP contribution in [0.5, 0.6) is 0 Å². The molecule has 0 aromatic carbocycles. The molecule has 0 aliphatic carbocycles. The standard InChI is InChI=1S/C13H14N4S/c1-2-9-3-4-10(18-9)8-17-12-5-6-15-7-11(12)16-13(17)14/h3-7H,2,8H2,1H3,(H2,14,16). The van der Waals surface area contributed by atoms with Crippen LogP contribution in [0.2, 0.25) is 0 Å². The molecule has 18 heavy (non-hydrogen) atoms. The number of anilines is 1. The van der Waals surface area contributed by atoms with E-state index in [1.165, 1.54) is 9.75 Å².